The summed E-state index contributed by atoms with van der Waals surface area (Å²) in [4.78, 5) is 42.6. The summed E-state index contributed by atoms with van der Waals surface area (Å²) in [7, 11) is 3.12. The number of hydrogen-bond acceptors (Lipinski definition) is 6. The molecule has 0 bridgehead atoms. The van der Waals surface area contributed by atoms with Crippen LogP contribution in [0.5, 0.6) is 5.75 Å². The molecule has 5 rings (SSSR count). The van der Waals surface area contributed by atoms with Crippen molar-refractivity contribution < 1.29 is 23.9 Å². The highest BCUT2D eigenvalue weighted by Gasteiger charge is 2.42. The van der Waals surface area contributed by atoms with E-state index in [1.165, 1.54) is 4.90 Å². The van der Waals surface area contributed by atoms with E-state index >= 15 is 0 Å². The first-order chi connectivity index (χ1) is 20.8. The Morgan fingerprint density at radius 3 is 2.16 bits per heavy atom. The summed E-state index contributed by atoms with van der Waals surface area (Å²) >= 11 is 12.6. The molecule has 226 valence electrons. The number of nitrogens with one attached hydrogen (secondary N) is 3. The number of hydrogen-bond donors (Lipinski definition) is 3. The van der Waals surface area contributed by atoms with Gasteiger partial charge in [-0.05, 0) is 34.9 Å². The van der Waals surface area contributed by atoms with Crippen molar-refractivity contribution in [2.24, 2.45) is 0 Å². The first-order valence-electron chi connectivity index (χ1n) is 13.9. The summed E-state index contributed by atoms with van der Waals surface area (Å²) in [5, 5.41) is 8.61. The van der Waals surface area contributed by atoms with Crippen LogP contribution in [0.1, 0.15) is 11.5 Å². The Bertz CT molecular complexity index is 1480. The van der Waals surface area contributed by atoms with Crippen molar-refractivity contribution in [3.05, 3.63) is 76.3 Å². The van der Waals surface area contributed by atoms with Crippen LogP contribution in [0.2, 0.25) is 10.0 Å². The Morgan fingerprint density at radius 1 is 0.907 bits per heavy atom. The third-order valence-corrected chi connectivity index (χ3v) is 8.38. The molecule has 0 saturated carbocycles. The molecule has 0 aromatic heterocycles. The number of urea groups is 1. The lowest BCUT2D eigenvalue weighted by Gasteiger charge is -2.41. The Morgan fingerprint density at radius 2 is 1.53 bits per heavy atom. The molecule has 0 radical (unpaired) electrons. The molecule has 43 heavy (non-hydrogen) atoms. The Balaban J connectivity index is 1.52. The summed E-state index contributed by atoms with van der Waals surface area (Å²) in [6.45, 7) is 2.89. The molecular weight excluding hydrogens is 593 g/mol. The van der Waals surface area contributed by atoms with Gasteiger partial charge in [0.15, 0.2) is 6.61 Å². The van der Waals surface area contributed by atoms with Gasteiger partial charge in [-0.3, -0.25) is 19.4 Å². The second-order valence-corrected chi connectivity index (χ2v) is 11.1. The molecule has 3 aromatic rings. The van der Waals surface area contributed by atoms with Gasteiger partial charge in [0.05, 0.1) is 28.9 Å². The van der Waals surface area contributed by atoms with Crippen LogP contribution in [0.25, 0.3) is 11.1 Å². The molecule has 2 heterocycles. The number of benzene rings is 3. The van der Waals surface area contributed by atoms with Gasteiger partial charge in [-0.2, -0.15) is 0 Å². The van der Waals surface area contributed by atoms with Crippen LogP contribution in [0.4, 0.5) is 16.2 Å². The number of anilines is 2. The summed E-state index contributed by atoms with van der Waals surface area (Å²) in [6, 6.07) is 17.5. The summed E-state index contributed by atoms with van der Waals surface area (Å²) in [5.41, 5.74) is 3.89. The minimum Gasteiger partial charge on any atom is -0.482 e. The van der Waals surface area contributed by atoms with Crippen LogP contribution >= 0.6 is 23.2 Å². The van der Waals surface area contributed by atoms with Gasteiger partial charge in [-0.1, -0.05) is 59.6 Å². The van der Waals surface area contributed by atoms with E-state index in [1.54, 1.807) is 26.2 Å². The summed E-state index contributed by atoms with van der Waals surface area (Å²) in [6.07, 6.45) is 0. The molecule has 0 spiro atoms. The van der Waals surface area contributed by atoms with Crippen molar-refractivity contribution in [3.8, 4) is 16.9 Å². The summed E-state index contributed by atoms with van der Waals surface area (Å²) in [5.74, 6) is -0.685. The lowest BCUT2D eigenvalue weighted by Crippen LogP contribution is -2.57. The van der Waals surface area contributed by atoms with Crippen LogP contribution in [0.15, 0.2) is 60.7 Å². The SMILES string of the molecule is CNC(=O)Nc1ccc(-c2ccc(C(CN3CCOCC3)C(C(=O)NC)N3C(=O)COc4cc(Cl)c(Cl)cc43)cc2)cc1. The van der Waals surface area contributed by atoms with Gasteiger partial charge in [-0.25, -0.2) is 4.79 Å². The minimum atomic E-state index is -0.902. The van der Waals surface area contributed by atoms with E-state index in [1.807, 2.05) is 48.5 Å². The largest absolute Gasteiger partial charge is 0.482 e. The highest BCUT2D eigenvalue weighted by molar-refractivity contribution is 6.42. The number of halogens is 2. The standard InChI is InChI=1S/C31H33Cl2N5O5/c1-34-30(40)29(38-26-15-24(32)25(33)16-27(26)43-18-28(38)39)23(17-37-11-13-42-14-12-37)21-5-3-19(4-6-21)20-7-9-22(10-8-20)36-31(41)35-2/h3-10,15-16,23,29H,11-14,17-18H2,1-2H3,(H,34,40)(H2,35,36,41). The third kappa shape index (κ3) is 6.88. The predicted molar refractivity (Wildman–Crippen MR) is 167 cm³/mol. The number of ether oxygens (including phenoxy) is 2. The number of fused-ring (bicyclic) bond motifs is 1. The molecule has 2 unspecified atom stereocenters. The molecule has 2 aliphatic rings. The maximum Gasteiger partial charge on any atom is 0.318 e. The summed E-state index contributed by atoms with van der Waals surface area (Å²) < 4.78 is 11.2. The lowest BCUT2D eigenvalue weighted by atomic mass is 9.87. The van der Waals surface area contributed by atoms with Crippen molar-refractivity contribution in [2.45, 2.75) is 12.0 Å². The zero-order chi connectivity index (χ0) is 30.5. The van der Waals surface area contributed by atoms with Gasteiger partial charge in [0.1, 0.15) is 11.8 Å². The van der Waals surface area contributed by atoms with Gasteiger partial charge in [0.25, 0.3) is 5.91 Å². The molecule has 0 aliphatic carbocycles. The smallest absolute Gasteiger partial charge is 0.318 e. The molecule has 1 fully saturated rings. The lowest BCUT2D eigenvalue weighted by molar-refractivity contribution is -0.128. The van der Waals surface area contributed by atoms with Crippen molar-refractivity contribution in [3.63, 3.8) is 0 Å². The van der Waals surface area contributed by atoms with Gasteiger partial charge in [0, 0.05) is 51.4 Å². The number of carbonyl (C=O) groups excluding carboxylic acids is 3. The molecule has 12 heteroatoms. The van der Waals surface area contributed by atoms with E-state index in [-0.39, 0.29) is 29.5 Å². The average molecular weight is 627 g/mol. The monoisotopic (exact) mass is 625 g/mol. The third-order valence-electron chi connectivity index (χ3n) is 7.66. The van der Waals surface area contributed by atoms with E-state index in [4.69, 9.17) is 32.7 Å². The van der Waals surface area contributed by atoms with Crippen molar-refractivity contribution in [1.29, 1.82) is 0 Å². The number of carbonyl (C=O) groups is 3. The van der Waals surface area contributed by atoms with Crippen molar-refractivity contribution >= 4 is 52.4 Å². The molecule has 4 amide bonds. The number of amides is 4. The van der Waals surface area contributed by atoms with E-state index in [2.05, 4.69) is 20.9 Å². The fourth-order valence-corrected chi connectivity index (χ4v) is 5.72. The predicted octanol–water partition coefficient (Wildman–Crippen LogP) is 4.37. The van der Waals surface area contributed by atoms with Crippen LogP contribution in [0, 0.1) is 0 Å². The highest BCUT2D eigenvalue weighted by Crippen LogP contribution is 2.42. The van der Waals surface area contributed by atoms with E-state index in [0.717, 1.165) is 16.7 Å². The molecule has 3 aromatic carbocycles. The minimum absolute atomic E-state index is 0.230. The molecule has 1 saturated heterocycles. The topological polar surface area (TPSA) is 112 Å². The zero-order valence-electron chi connectivity index (χ0n) is 23.9. The molecule has 2 atom stereocenters. The van der Waals surface area contributed by atoms with Gasteiger partial charge >= 0.3 is 6.03 Å². The van der Waals surface area contributed by atoms with Gasteiger partial charge in [0.2, 0.25) is 5.91 Å². The number of morpholine rings is 1. The number of likely N-dealkylation sites (N-methyl/N-ethyl adjacent to an activating group) is 1. The van der Waals surface area contributed by atoms with Crippen LogP contribution in [-0.2, 0) is 14.3 Å². The quantitative estimate of drug-likeness (QED) is 0.343. The Labute approximate surface area is 260 Å². The van der Waals surface area contributed by atoms with Crippen LogP contribution in [0.3, 0.4) is 0 Å². The van der Waals surface area contributed by atoms with E-state index in [0.29, 0.717) is 55.0 Å². The Kier molecular flexibility index (Phi) is 9.72. The van der Waals surface area contributed by atoms with Gasteiger partial charge in [-0.15, -0.1) is 0 Å². The Hall–Kier alpha value is -3.83. The fraction of sp³-hybridized carbons (Fsp3) is 0.323. The van der Waals surface area contributed by atoms with Crippen LogP contribution in [-0.4, -0.2) is 82.3 Å². The maximum absolute atomic E-state index is 13.7. The highest BCUT2D eigenvalue weighted by atomic mass is 35.5. The van der Waals surface area contributed by atoms with Gasteiger partial charge < -0.3 is 25.4 Å². The van der Waals surface area contributed by atoms with E-state index < -0.39 is 12.0 Å². The molecule has 2 aliphatic heterocycles. The van der Waals surface area contributed by atoms with Crippen molar-refractivity contribution in [1.82, 2.24) is 15.5 Å². The van der Waals surface area contributed by atoms with E-state index in [9.17, 15) is 14.4 Å². The number of nitrogens with zero attached hydrogens (tertiary/aromatic N) is 2. The fourth-order valence-electron chi connectivity index (χ4n) is 5.41. The molecular formula is C31H33Cl2N5O5. The van der Waals surface area contributed by atoms with Crippen molar-refractivity contribution in [2.75, 3.05) is 63.8 Å². The first kappa shape index (κ1) is 30.6. The maximum atomic E-state index is 13.7. The van der Waals surface area contributed by atoms with Crippen LogP contribution < -0.4 is 25.6 Å². The first-order valence-corrected chi connectivity index (χ1v) is 14.7. The zero-order valence-corrected chi connectivity index (χ0v) is 25.4. The molecule has 10 nitrogen and oxygen atoms in total. The average Bonchev–Trinajstić information content (AvgIpc) is 3.03. The second-order valence-electron chi connectivity index (χ2n) is 10.3. The second kappa shape index (κ2) is 13.6. The number of rotatable bonds is 8. The molecule has 3 N–H and O–H groups in total. The normalized spacial score (nSPS) is 16.5.